The van der Waals surface area contributed by atoms with Gasteiger partial charge in [-0.25, -0.2) is 0 Å². The Morgan fingerprint density at radius 1 is 0.500 bits per heavy atom. The van der Waals surface area contributed by atoms with Crippen LogP contribution in [0.4, 0.5) is 0 Å². The fourth-order valence-corrected chi connectivity index (χ4v) is 4.15. The maximum Gasteiger partial charge on any atom is 0.123 e. The molecule has 1 aromatic rings. The van der Waals surface area contributed by atoms with Crippen LogP contribution in [-0.2, 0) is 6.42 Å². The van der Waals surface area contributed by atoms with Crippen molar-refractivity contribution < 1.29 is 9.47 Å². The first-order chi connectivity index (χ1) is 15.8. The van der Waals surface area contributed by atoms with Crippen molar-refractivity contribution in [3.05, 3.63) is 30.7 Å². The molecule has 0 bridgehead atoms. The Balaban J connectivity index is 2.13. The highest BCUT2D eigenvalue weighted by Gasteiger charge is 2.03. The molecule has 0 atom stereocenters. The fraction of sp³-hybridized carbons (Fsp3) is 0.767. The van der Waals surface area contributed by atoms with Crippen LogP contribution >= 0.6 is 0 Å². The molecule has 1 aromatic carbocycles. The Bertz CT molecular complexity index is 483. The van der Waals surface area contributed by atoms with Crippen molar-refractivity contribution in [2.24, 2.45) is 0 Å². The maximum absolute atomic E-state index is 6.04. The first-order valence-corrected chi connectivity index (χ1v) is 14.0. The summed E-state index contributed by atoms with van der Waals surface area (Å²) >= 11 is 0. The van der Waals surface area contributed by atoms with Gasteiger partial charge in [0, 0.05) is 6.07 Å². The molecule has 0 aromatic heterocycles. The Morgan fingerprint density at radius 3 is 1.19 bits per heavy atom. The summed E-state index contributed by atoms with van der Waals surface area (Å²) in [5.41, 5.74) is 1.19. The van der Waals surface area contributed by atoms with Gasteiger partial charge in [-0.2, -0.15) is 0 Å². The highest BCUT2D eigenvalue weighted by Crippen LogP contribution is 2.24. The number of hydrogen-bond donors (Lipinski definition) is 0. The summed E-state index contributed by atoms with van der Waals surface area (Å²) in [5, 5.41) is 0. The second kappa shape index (κ2) is 21.7. The molecular weight excluding hydrogens is 392 g/mol. The molecule has 0 N–H and O–H groups in total. The second-order valence-electron chi connectivity index (χ2n) is 9.42. The standard InChI is InChI=1S/C30H53O2/c1-4-7-9-11-13-15-17-19-21-23-31-29-25-28(6-3)26-30(27-29)32-24-22-20-18-16-14-12-10-8-5-2/h25-27H,3-24H2,1-2H3. The van der Waals surface area contributed by atoms with Crippen LogP contribution in [-0.4, -0.2) is 13.2 Å². The summed E-state index contributed by atoms with van der Waals surface area (Å²) in [6.07, 6.45) is 24.9. The third kappa shape index (κ3) is 16.5. The Kier molecular flexibility index (Phi) is 19.5. The van der Waals surface area contributed by atoms with Crippen molar-refractivity contribution in [3.63, 3.8) is 0 Å². The first-order valence-electron chi connectivity index (χ1n) is 14.0. The average molecular weight is 446 g/mol. The van der Waals surface area contributed by atoms with Gasteiger partial charge in [0.2, 0.25) is 0 Å². The number of benzene rings is 1. The lowest BCUT2D eigenvalue weighted by molar-refractivity contribution is 0.289. The molecule has 2 nitrogen and oxygen atoms in total. The number of rotatable bonds is 23. The monoisotopic (exact) mass is 445 g/mol. The highest BCUT2D eigenvalue weighted by atomic mass is 16.5. The fourth-order valence-electron chi connectivity index (χ4n) is 4.15. The summed E-state index contributed by atoms with van der Waals surface area (Å²) in [6, 6.07) is 6.29. The minimum atomic E-state index is 0.767. The molecule has 0 spiro atoms. The highest BCUT2D eigenvalue weighted by molar-refractivity contribution is 5.38. The lowest BCUT2D eigenvalue weighted by atomic mass is 10.1. The molecule has 0 heterocycles. The average Bonchev–Trinajstić information content (AvgIpc) is 2.81. The van der Waals surface area contributed by atoms with E-state index in [2.05, 4.69) is 39.0 Å². The zero-order valence-corrected chi connectivity index (χ0v) is 21.6. The maximum atomic E-state index is 6.04. The van der Waals surface area contributed by atoms with Gasteiger partial charge in [-0.3, -0.25) is 0 Å². The van der Waals surface area contributed by atoms with Gasteiger partial charge < -0.3 is 9.47 Å². The summed E-state index contributed by atoms with van der Waals surface area (Å²) < 4.78 is 12.1. The van der Waals surface area contributed by atoms with Crippen LogP contribution in [0.25, 0.3) is 0 Å². The Morgan fingerprint density at radius 2 is 0.844 bits per heavy atom. The zero-order valence-electron chi connectivity index (χ0n) is 21.6. The van der Waals surface area contributed by atoms with Crippen LogP contribution in [0.1, 0.15) is 135 Å². The van der Waals surface area contributed by atoms with E-state index in [0.29, 0.717) is 0 Å². The third-order valence-electron chi connectivity index (χ3n) is 6.26. The Hall–Kier alpha value is -1.18. The van der Waals surface area contributed by atoms with Crippen LogP contribution in [0.5, 0.6) is 11.5 Å². The molecule has 0 unspecified atom stereocenters. The van der Waals surface area contributed by atoms with Gasteiger partial charge >= 0.3 is 0 Å². The van der Waals surface area contributed by atoms with E-state index in [-0.39, 0.29) is 0 Å². The topological polar surface area (TPSA) is 18.5 Å². The largest absolute Gasteiger partial charge is 0.493 e. The van der Waals surface area contributed by atoms with E-state index in [9.17, 15) is 0 Å². The van der Waals surface area contributed by atoms with E-state index in [4.69, 9.17) is 9.47 Å². The smallest absolute Gasteiger partial charge is 0.123 e. The summed E-state index contributed by atoms with van der Waals surface area (Å²) in [6.45, 7) is 10.2. The molecule has 32 heavy (non-hydrogen) atoms. The van der Waals surface area contributed by atoms with Gasteiger partial charge in [-0.05, 0) is 43.9 Å². The van der Waals surface area contributed by atoms with Crippen LogP contribution in [0.2, 0.25) is 0 Å². The van der Waals surface area contributed by atoms with Crippen molar-refractivity contribution in [1.29, 1.82) is 0 Å². The molecule has 0 aliphatic rings. The van der Waals surface area contributed by atoms with E-state index in [1.807, 2.05) is 0 Å². The number of ether oxygens (including phenoxy) is 2. The second-order valence-corrected chi connectivity index (χ2v) is 9.42. The van der Waals surface area contributed by atoms with Gasteiger partial charge in [0.05, 0.1) is 13.2 Å². The molecule has 0 aliphatic heterocycles. The molecule has 0 saturated heterocycles. The quantitative estimate of drug-likeness (QED) is 0.156. The first kappa shape index (κ1) is 28.9. The molecule has 1 rings (SSSR count). The van der Waals surface area contributed by atoms with E-state index >= 15 is 0 Å². The van der Waals surface area contributed by atoms with E-state index in [1.54, 1.807) is 0 Å². The molecular formula is C30H53O2. The number of hydrogen-bond acceptors (Lipinski definition) is 2. The summed E-state index contributed by atoms with van der Waals surface area (Å²) in [5.74, 6) is 1.88. The molecule has 0 aliphatic carbocycles. The minimum absolute atomic E-state index is 0.767. The molecule has 1 radical (unpaired) electrons. The van der Waals surface area contributed by atoms with E-state index in [0.717, 1.165) is 44.0 Å². The van der Waals surface area contributed by atoms with Gasteiger partial charge in [0.25, 0.3) is 0 Å². The van der Waals surface area contributed by atoms with Gasteiger partial charge in [0.1, 0.15) is 11.5 Å². The number of unbranched alkanes of at least 4 members (excludes halogenated alkanes) is 16. The predicted molar refractivity (Wildman–Crippen MR) is 141 cm³/mol. The van der Waals surface area contributed by atoms with Gasteiger partial charge in [0.15, 0.2) is 0 Å². The van der Waals surface area contributed by atoms with Gasteiger partial charge in [-0.15, -0.1) is 0 Å². The zero-order chi connectivity index (χ0) is 23.1. The molecule has 0 fully saturated rings. The van der Waals surface area contributed by atoms with Crippen molar-refractivity contribution in [2.45, 2.75) is 136 Å². The lowest BCUT2D eigenvalue weighted by Gasteiger charge is -2.12. The molecule has 0 saturated carbocycles. The Labute approximate surface area is 200 Å². The summed E-state index contributed by atoms with van der Waals surface area (Å²) in [7, 11) is 0. The minimum Gasteiger partial charge on any atom is -0.493 e. The molecule has 0 amide bonds. The van der Waals surface area contributed by atoms with E-state index < -0.39 is 0 Å². The van der Waals surface area contributed by atoms with Gasteiger partial charge in [-0.1, -0.05) is 117 Å². The molecule has 185 valence electrons. The molecule has 2 heteroatoms. The van der Waals surface area contributed by atoms with Crippen LogP contribution in [0.3, 0.4) is 0 Å². The predicted octanol–water partition coefficient (Wildman–Crippen LogP) is 9.88. The SMILES string of the molecule is [CH2]Cc1cc(OCCCCCCCCCCC)cc(OCCCCCCCCCCC)c1. The van der Waals surface area contributed by atoms with Crippen molar-refractivity contribution in [2.75, 3.05) is 13.2 Å². The van der Waals surface area contributed by atoms with Crippen molar-refractivity contribution >= 4 is 0 Å². The van der Waals surface area contributed by atoms with Crippen molar-refractivity contribution in [3.8, 4) is 11.5 Å². The van der Waals surface area contributed by atoms with Crippen molar-refractivity contribution in [1.82, 2.24) is 0 Å². The third-order valence-corrected chi connectivity index (χ3v) is 6.26. The normalized spacial score (nSPS) is 11.1. The van der Waals surface area contributed by atoms with Crippen LogP contribution in [0.15, 0.2) is 18.2 Å². The van der Waals surface area contributed by atoms with E-state index in [1.165, 1.54) is 108 Å². The summed E-state index contributed by atoms with van der Waals surface area (Å²) in [4.78, 5) is 0. The van der Waals surface area contributed by atoms with Crippen LogP contribution in [0, 0.1) is 6.92 Å². The lowest BCUT2D eigenvalue weighted by Crippen LogP contribution is -2.01. The van der Waals surface area contributed by atoms with Crippen LogP contribution < -0.4 is 9.47 Å².